The van der Waals surface area contributed by atoms with Crippen molar-refractivity contribution >= 4 is 41.3 Å². The highest BCUT2D eigenvalue weighted by Gasteiger charge is 2.15. The van der Waals surface area contributed by atoms with E-state index in [0.29, 0.717) is 13.1 Å². The monoisotopic (exact) mass is 476 g/mol. The molecule has 0 radical (unpaired) electrons. The predicted octanol–water partition coefficient (Wildman–Crippen LogP) is 3.86. The molecule has 0 saturated heterocycles. The van der Waals surface area contributed by atoms with Crippen LogP contribution in [0.1, 0.15) is 23.4 Å². The Hall–Kier alpha value is -1.19. The molecule has 1 aromatic heterocycles. The minimum atomic E-state index is -0.211. The van der Waals surface area contributed by atoms with Gasteiger partial charge in [0, 0.05) is 18.0 Å². The summed E-state index contributed by atoms with van der Waals surface area (Å²) in [6.45, 7) is 4.13. The summed E-state index contributed by atoms with van der Waals surface area (Å²) in [4.78, 5) is 7.91. The number of benzene rings is 1. The van der Waals surface area contributed by atoms with Crippen LogP contribution in [0.25, 0.3) is 0 Å². The van der Waals surface area contributed by atoms with Gasteiger partial charge in [-0.3, -0.25) is 0 Å². The molecule has 7 heteroatoms. The van der Waals surface area contributed by atoms with Crippen molar-refractivity contribution in [2.75, 3.05) is 27.2 Å². The van der Waals surface area contributed by atoms with Gasteiger partial charge in [-0.25, -0.2) is 9.38 Å². The van der Waals surface area contributed by atoms with Crippen LogP contribution >= 0.6 is 35.3 Å². The summed E-state index contributed by atoms with van der Waals surface area (Å²) in [6.07, 6.45) is 0. The van der Waals surface area contributed by atoms with Crippen LogP contribution in [0.5, 0.6) is 0 Å². The minimum absolute atomic E-state index is 0. The standard InChI is InChI=1S/C18H25FN4S.HI/c1-4-20-18(21-12-16-9-6-10-24-16)22-13-17(23(2)3)14-7-5-8-15(19)11-14;/h5-11,17H,4,12-13H2,1-3H3,(H2,20,21,22);1H. The molecule has 0 bridgehead atoms. The molecule has 1 heterocycles. The van der Waals surface area contributed by atoms with Crippen molar-refractivity contribution in [1.29, 1.82) is 0 Å². The Morgan fingerprint density at radius 2 is 2.04 bits per heavy atom. The van der Waals surface area contributed by atoms with E-state index in [1.165, 1.54) is 10.9 Å². The second-order valence-corrected chi connectivity index (χ2v) is 6.72. The van der Waals surface area contributed by atoms with Crippen LogP contribution in [0.3, 0.4) is 0 Å². The van der Waals surface area contributed by atoms with E-state index in [1.807, 2.05) is 33.2 Å². The van der Waals surface area contributed by atoms with Gasteiger partial charge in [0.1, 0.15) is 5.82 Å². The smallest absolute Gasteiger partial charge is 0.191 e. The van der Waals surface area contributed by atoms with Gasteiger partial charge in [0.15, 0.2) is 5.96 Å². The summed E-state index contributed by atoms with van der Waals surface area (Å²) < 4.78 is 13.5. The summed E-state index contributed by atoms with van der Waals surface area (Å²) in [5, 5.41) is 8.67. The SMILES string of the molecule is CCNC(=NCc1cccs1)NCC(c1cccc(F)c1)N(C)C.I. The van der Waals surface area contributed by atoms with E-state index in [0.717, 1.165) is 18.1 Å². The molecule has 1 atom stereocenters. The summed E-state index contributed by atoms with van der Waals surface area (Å²) >= 11 is 1.70. The van der Waals surface area contributed by atoms with E-state index in [1.54, 1.807) is 23.5 Å². The fourth-order valence-corrected chi connectivity index (χ4v) is 3.04. The van der Waals surface area contributed by atoms with Crippen LogP contribution in [0.4, 0.5) is 4.39 Å². The Kier molecular flexibility index (Phi) is 9.99. The van der Waals surface area contributed by atoms with E-state index in [2.05, 4.69) is 32.0 Å². The van der Waals surface area contributed by atoms with Gasteiger partial charge in [0.2, 0.25) is 0 Å². The first kappa shape index (κ1) is 21.9. The Balaban J connectivity index is 0.00000312. The number of guanidine groups is 1. The zero-order chi connectivity index (χ0) is 17.4. The van der Waals surface area contributed by atoms with Gasteiger partial charge in [-0.15, -0.1) is 35.3 Å². The molecule has 2 N–H and O–H groups in total. The molecule has 0 aliphatic heterocycles. The molecular weight excluding hydrogens is 450 g/mol. The maximum atomic E-state index is 13.5. The Morgan fingerprint density at radius 3 is 2.64 bits per heavy atom. The molecule has 138 valence electrons. The molecule has 0 saturated carbocycles. The predicted molar refractivity (Wildman–Crippen MR) is 115 cm³/mol. The van der Waals surface area contributed by atoms with E-state index in [4.69, 9.17) is 0 Å². The highest BCUT2D eigenvalue weighted by Crippen LogP contribution is 2.18. The first-order valence-electron chi connectivity index (χ1n) is 8.06. The fourth-order valence-electron chi connectivity index (χ4n) is 2.41. The van der Waals surface area contributed by atoms with E-state index >= 15 is 0 Å². The van der Waals surface area contributed by atoms with E-state index in [9.17, 15) is 4.39 Å². The van der Waals surface area contributed by atoms with Gasteiger partial charge < -0.3 is 15.5 Å². The molecule has 25 heavy (non-hydrogen) atoms. The van der Waals surface area contributed by atoms with Crippen molar-refractivity contribution in [1.82, 2.24) is 15.5 Å². The minimum Gasteiger partial charge on any atom is -0.357 e. The normalized spacial score (nSPS) is 12.6. The second kappa shape index (κ2) is 11.4. The first-order chi connectivity index (χ1) is 11.6. The molecule has 0 aliphatic rings. The third-order valence-electron chi connectivity index (χ3n) is 3.64. The molecule has 2 aromatic rings. The summed E-state index contributed by atoms with van der Waals surface area (Å²) in [6, 6.07) is 10.9. The number of nitrogens with one attached hydrogen (secondary N) is 2. The third kappa shape index (κ3) is 7.29. The number of aliphatic imine (C=N–C) groups is 1. The van der Waals surface area contributed by atoms with Crippen LogP contribution in [0.15, 0.2) is 46.8 Å². The summed E-state index contributed by atoms with van der Waals surface area (Å²) in [7, 11) is 3.99. The quantitative estimate of drug-likeness (QED) is 0.362. The van der Waals surface area contributed by atoms with Crippen LogP contribution < -0.4 is 10.6 Å². The number of likely N-dealkylation sites (N-methyl/N-ethyl adjacent to an activating group) is 1. The molecule has 1 aromatic carbocycles. The lowest BCUT2D eigenvalue weighted by atomic mass is 10.1. The van der Waals surface area contributed by atoms with Crippen LogP contribution in [-0.2, 0) is 6.54 Å². The fraction of sp³-hybridized carbons (Fsp3) is 0.389. The topological polar surface area (TPSA) is 39.7 Å². The number of nitrogens with zero attached hydrogens (tertiary/aromatic N) is 2. The Labute approximate surface area is 170 Å². The van der Waals surface area contributed by atoms with Gasteiger partial charge in [0.25, 0.3) is 0 Å². The zero-order valence-electron chi connectivity index (χ0n) is 14.8. The third-order valence-corrected chi connectivity index (χ3v) is 4.50. The molecule has 0 aliphatic carbocycles. The van der Waals surface area contributed by atoms with Gasteiger partial charge in [-0.1, -0.05) is 18.2 Å². The zero-order valence-corrected chi connectivity index (χ0v) is 18.0. The summed E-state index contributed by atoms with van der Waals surface area (Å²) in [5.41, 5.74) is 0.946. The molecule has 1 unspecified atom stereocenters. The van der Waals surface area contributed by atoms with Gasteiger partial charge in [-0.2, -0.15) is 0 Å². The summed E-state index contributed by atoms with van der Waals surface area (Å²) in [5.74, 6) is 0.562. The average Bonchev–Trinajstić information content (AvgIpc) is 3.06. The van der Waals surface area contributed by atoms with Crippen molar-refractivity contribution in [2.45, 2.75) is 19.5 Å². The lowest BCUT2D eigenvalue weighted by molar-refractivity contribution is 0.297. The lowest BCUT2D eigenvalue weighted by Gasteiger charge is -2.26. The second-order valence-electron chi connectivity index (χ2n) is 5.69. The maximum absolute atomic E-state index is 13.5. The first-order valence-corrected chi connectivity index (χ1v) is 8.94. The van der Waals surface area contributed by atoms with Crippen molar-refractivity contribution in [3.63, 3.8) is 0 Å². The maximum Gasteiger partial charge on any atom is 0.191 e. The van der Waals surface area contributed by atoms with Crippen molar-refractivity contribution in [2.24, 2.45) is 4.99 Å². The van der Waals surface area contributed by atoms with Gasteiger partial charge in [0.05, 0.1) is 12.6 Å². The molecule has 0 fully saturated rings. The molecule has 2 rings (SSSR count). The van der Waals surface area contributed by atoms with E-state index in [-0.39, 0.29) is 35.8 Å². The van der Waals surface area contributed by atoms with Crippen molar-refractivity contribution < 1.29 is 4.39 Å². The largest absolute Gasteiger partial charge is 0.357 e. The van der Waals surface area contributed by atoms with Crippen molar-refractivity contribution in [3.05, 3.63) is 58.0 Å². The van der Waals surface area contributed by atoms with Crippen molar-refractivity contribution in [3.8, 4) is 0 Å². The molecule has 0 amide bonds. The average molecular weight is 476 g/mol. The Morgan fingerprint density at radius 1 is 1.24 bits per heavy atom. The molecule has 0 spiro atoms. The van der Waals surface area contributed by atoms with Gasteiger partial charge >= 0.3 is 0 Å². The highest BCUT2D eigenvalue weighted by molar-refractivity contribution is 14.0. The van der Waals surface area contributed by atoms with Gasteiger partial charge in [-0.05, 0) is 50.2 Å². The van der Waals surface area contributed by atoms with E-state index < -0.39 is 0 Å². The van der Waals surface area contributed by atoms with Crippen LogP contribution in [-0.4, -0.2) is 38.0 Å². The molecule has 4 nitrogen and oxygen atoms in total. The molecular formula is C18H26FIN4S. The number of thiophene rings is 1. The number of hydrogen-bond donors (Lipinski definition) is 2. The number of rotatable bonds is 7. The van der Waals surface area contributed by atoms with Crippen LogP contribution in [0, 0.1) is 5.82 Å². The number of hydrogen-bond acceptors (Lipinski definition) is 3. The Bertz CT molecular complexity index is 646. The van der Waals surface area contributed by atoms with Crippen LogP contribution in [0.2, 0.25) is 0 Å². The lowest BCUT2D eigenvalue weighted by Crippen LogP contribution is -2.41. The number of halogens is 2. The highest BCUT2D eigenvalue weighted by atomic mass is 127.